The van der Waals surface area contributed by atoms with Crippen molar-refractivity contribution < 1.29 is 81.6 Å². The molecule has 0 saturated carbocycles. The molecule has 0 aliphatic carbocycles. The molecule has 0 amide bonds. The van der Waals surface area contributed by atoms with Crippen molar-refractivity contribution in [1.29, 1.82) is 0 Å². The van der Waals surface area contributed by atoms with Crippen LogP contribution in [-0.2, 0) is 9.13 Å². The second kappa shape index (κ2) is 21.1. The number of hydrogen-bond acceptors (Lipinski definition) is 6. The number of rotatable bonds is 8. The fraction of sp³-hybridized carbons (Fsp3) is 0.0196. The Morgan fingerprint density at radius 2 is 0.758 bits per heavy atom. The van der Waals surface area contributed by atoms with E-state index in [9.17, 15) is 32.6 Å². The van der Waals surface area contributed by atoms with E-state index < -0.39 is 43.4 Å². The van der Waals surface area contributed by atoms with E-state index in [1.54, 1.807) is 30.3 Å². The normalized spacial score (nSPS) is 11.1. The molecule has 6 nitrogen and oxygen atoms in total. The summed E-state index contributed by atoms with van der Waals surface area (Å²) in [5.41, 5.74) is -2.24. The van der Waals surface area contributed by atoms with Gasteiger partial charge in [0, 0.05) is 86.6 Å². The minimum absolute atomic E-state index is 0. The molecule has 9 rings (SSSR count). The molecule has 9 aromatic rings. The zero-order chi connectivity index (χ0) is 42.8. The van der Waals surface area contributed by atoms with Crippen molar-refractivity contribution in [3.05, 3.63) is 234 Å². The van der Waals surface area contributed by atoms with Gasteiger partial charge in [0.15, 0.2) is 19.8 Å². The van der Waals surface area contributed by atoms with Gasteiger partial charge in [0.1, 0.15) is 11.3 Å². The average molecular weight is 999 g/mol. The molecule has 0 fully saturated rings. The van der Waals surface area contributed by atoms with E-state index in [0.29, 0.717) is 5.39 Å². The zero-order valence-electron chi connectivity index (χ0n) is 32.9. The third-order valence-electron chi connectivity index (χ3n) is 9.93. The number of halogens is 2. The second-order valence-corrected chi connectivity index (χ2v) is 19.2. The van der Waals surface area contributed by atoms with E-state index in [1.807, 2.05) is 182 Å². The Balaban J connectivity index is 0.000000154. The first-order valence-electron chi connectivity index (χ1n) is 19.2. The van der Waals surface area contributed by atoms with Gasteiger partial charge in [0.25, 0.3) is 0 Å². The largest absolute Gasteiger partial charge is 0.506 e. The van der Waals surface area contributed by atoms with Crippen molar-refractivity contribution in [2.45, 2.75) is 6.43 Å². The monoisotopic (exact) mass is 999 g/mol. The van der Waals surface area contributed by atoms with Crippen molar-refractivity contribution in [3.63, 3.8) is 0 Å². The minimum atomic E-state index is -3.39. The maximum atomic E-state index is 13.8. The summed E-state index contributed by atoms with van der Waals surface area (Å²) in [5.74, 6) is -2.53. The maximum Gasteiger partial charge on any atom is 0.351 e. The first-order chi connectivity index (χ1) is 29.6. The Hall–Kier alpha value is -5.40. The predicted molar refractivity (Wildman–Crippen MR) is 244 cm³/mol. The van der Waals surface area contributed by atoms with Gasteiger partial charge in [0.05, 0.1) is 5.39 Å². The molecule has 0 spiro atoms. The van der Waals surface area contributed by atoms with Crippen molar-refractivity contribution in [2.24, 2.45) is 0 Å². The van der Waals surface area contributed by atoms with Crippen LogP contribution >= 0.6 is 14.3 Å². The quantitative estimate of drug-likeness (QED) is 0.0705. The summed E-state index contributed by atoms with van der Waals surface area (Å²) in [6, 6.07) is 68.3. The van der Waals surface area contributed by atoms with E-state index in [0.717, 1.165) is 37.2 Å². The molecule has 1 radical (unpaired) electrons. The predicted octanol–water partition coefficient (Wildman–Crippen LogP) is 9.75. The molecule has 0 aliphatic rings. The second-order valence-electron chi connectivity index (χ2n) is 13.7. The molecule has 309 valence electrons. The Morgan fingerprint density at radius 3 is 1.08 bits per heavy atom. The van der Waals surface area contributed by atoms with Crippen molar-refractivity contribution in [1.82, 2.24) is 0 Å². The molecule has 0 unspecified atom stereocenters. The number of hydrogen-bond donors (Lipinski definition) is 1. The van der Waals surface area contributed by atoms with Crippen LogP contribution in [0.5, 0.6) is 5.75 Å². The van der Waals surface area contributed by atoms with E-state index >= 15 is 0 Å². The molecule has 1 aromatic heterocycles. The van der Waals surface area contributed by atoms with Crippen LogP contribution in [0.25, 0.3) is 21.7 Å². The third-order valence-corrected chi connectivity index (χ3v) is 16.1. The van der Waals surface area contributed by atoms with Gasteiger partial charge >= 0.3 is 12.1 Å². The molecule has 0 saturated heterocycles. The van der Waals surface area contributed by atoms with Gasteiger partial charge in [-0.25, -0.2) is 13.6 Å². The summed E-state index contributed by atoms with van der Waals surface area (Å²) in [5, 5.41) is 16.6. The molecule has 62 heavy (non-hydrogen) atoms. The number of aromatic hydroxyl groups is 1. The van der Waals surface area contributed by atoms with Gasteiger partial charge < -0.3 is 18.7 Å². The summed E-state index contributed by atoms with van der Waals surface area (Å²) >= 11 is 0. The zero-order valence-corrected chi connectivity index (χ0v) is 37.1. The minimum Gasteiger partial charge on any atom is -0.506 e. The van der Waals surface area contributed by atoms with Crippen LogP contribution in [0.2, 0.25) is 0 Å². The number of carbonyl (C=O) groups is 1. The Labute approximate surface area is 398 Å². The van der Waals surface area contributed by atoms with Gasteiger partial charge in [0.2, 0.25) is 5.78 Å². The Bertz CT molecular complexity index is 2710. The van der Waals surface area contributed by atoms with Crippen LogP contribution in [0, 0.1) is 49.4 Å². The average Bonchev–Trinajstić information content (AvgIpc) is 3.33. The number of alkyl halides is 2. The molecule has 0 atom stereocenters. The summed E-state index contributed by atoms with van der Waals surface area (Å²) in [6.07, 6.45) is -3.39. The summed E-state index contributed by atoms with van der Waals surface area (Å²) < 4.78 is 57.6. The van der Waals surface area contributed by atoms with Gasteiger partial charge in [-0.15, -0.1) is 0 Å². The fourth-order valence-electron chi connectivity index (χ4n) is 6.96. The topological polar surface area (TPSA) is 102 Å². The maximum absolute atomic E-state index is 13.8. The van der Waals surface area contributed by atoms with Crippen LogP contribution < -0.4 is 37.5 Å². The Kier molecular flexibility index (Phi) is 15.7. The van der Waals surface area contributed by atoms with Crippen LogP contribution in [0.1, 0.15) is 10.4 Å². The number of fused-ring (bicyclic) bond motifs is 3. The van der Waals surface area contributed by atoms with Gasteiger partial charge in [-0.1, -0.05) is 212 Å². The van der Waals surface area contributed by atoms with Gasteiger partial charge in [-0.3, -0.25) is 4.79 Å². The van der Waals surface area contributed by atoms with Crippen molar-refractivity contribution in [3.8, 4) is 5.75 Å². The number of carbonyl (C=O) groups excluding carboxylic acids is 1. The summed E-state index contributed by atoms with van der Waals surface area (Å²) in [6.45, 7) is 0. The van der Waals surface area contributed by atoms with Crippen LogP contribution in [-0.4, -0.2) is 17.3 Å². The summed E-state index contributed by atoms with van der Waals surface area (Å²) in [7, 11) is -5.55. The SMILES string of the molecule is O=C(c1c(O)c2ccc3ccccc3c2oc1=O)C(F)F.O=P(c1ccccc1)(c1ccccc1)c1ccccc1.O=P(c1ccccc1)(c1ccccc1)c1ccccc1.[Eu]. The van der Waals surface area contributed by atoms with Gasteiger partial charge in [-0.05, 0) is 11.5 Å². The van der Waals surface area contributed by atoms with Crippen molar-refractivity contribution in [2.75, 3.05) is 0 Å². The molecular formula is C51H38EuF2O6P2. The van der Waals surface area contributed by atoms with E-state index in [1.165, 1.54) is 6.07 Å². The standard InChI is InChI=1S/2C18H15OP.C15H8F2O4.Eu/c2*19-20(16-10-4-1-5-11-16,17-12-6-2-7-13-17)18-14-8-3-9-15-18;16-14(17)12(19)10-11(18)9-6-5-7-3-1-2-4-8(7)13(9)21-15(10)20;/h2*1-15H;1-6,14,18H;. The molecule has 8 aromatic carbocycles. The number of Topliss-reactive ketones (excluding diaryl/α,β-unsaturated/α-hetero) is 1. The first-order valence-corrected chi connectivity index (χ1v) is 22.6. The molecule has 11 heteroatoms. The number of benzene rings is 8. The van der Waals surface area contributed by atoms with E-state index in [4.69, 9.17) is 4.42 Å². The summed E-state index contributed by atoms with van der Waals surface area (Å²) in [4.78, 5) is 23.1. The Morgan fingerprint density at radius 1 is 0.452 bits per heavy atom. The molecule has 0 aliphatic heterocycles. The molecule has 1 heterocycles. The molecule has 1 N–H and O–H groups in total. The van der Waals surface area contributed by atoms with Crippen LogP contribution in [0.3, 0.4) is 0 Å². The van der Waals surface area contributed by atoms with E-state index in [2.05, 4.69) is 0 Å². The van der Waals surface area contributed by atoms with Crippen molar-refractivity contribution >= 4 is 73.6 Å². The number of ketones is 1. The molecule has 0 bridgehead atoms. The smallest absolute Gasteiger partial charge is 0.351 e. The van der Waals surface area contributed by atoms with Crippen LogP contribution in [0.15, 0.2) is 228 Å². The fourth-order valence-corrected chi connectivity index (χ4v) is 12.3. The van der Waals surface area contributed by atoms with Crippen LogP contribution in [0.4, 0.5) is 8.78 Å². The van der Waals surface area contributed by atoms with E-state index in [-0.39, 0.29) is 60.3 Å². The molecular weight excluding hydrogens is 960 g/mol. The van der Waals surface area contributed by atoms with Gasteiger partial charge in [-0.2, -0.15) is 0 Å². The third kappa shape index (κ3) is 9.79. The first kappa shape index (κ1) is 46.1.